The Morgan fingerprint density at radius 2 is 1.47 bits per heavy atom. The molecule has 0 aliphatic heterocycles. The highest BCUT2D eigenvalue weighted by atomic mass is 32.1. The van der Waals surface area contributed by atoms with Gasteiger partial charge in [-0.05, 0) is 16.3 Å². The van der Waals surface area contributed by atoms with Gasteiger partial charge < -0.3 is 4.74 Å². The third-order valence-electron chi connectivity index (χ3n) is 5.16. The van der Waals surface area contributed by atoms with Gasteiger partial charge in [0.2, 0.25) is 5.82 Å². The van der Waals surface area contributed by atoms with Crippen molar-refractivity contribution in [3.8, 4) is 33.8 Å². The van der Waals surface area contributed by atoms with Crippen molar-refractivity contribution in [2.45, 2.75) is 6.54 Å². The minimum atomic E-state index is -0.652. The van der Waals surface area contributed by atoms with Crippen LogP contribution < -0.4 is 5.32 Å². The first-order valence-electron chi connectivity index (χ1n) is 11.0. The normalized spacial score (nSPS) is 10.7. The topological polar surface area (TPSA) is 112 Å². The second-order valence-electron chi connectivity index (χ2n) is 7.70. The van der Waals surface area contributed by atoms with Gasteiger partial charge in [0.25, 0.3) is 5.91 Å². The predicted octanol–water partition coefficient (Wildman–Crippen LogP) is 4.31. The number of ether oxygens (including phenoxy) is 1. The number of amides is 1. The second-order valence-corrected chi connectivity index (χ2v) is 8.56. The summed E-state index contributed by atoms with van der Waals surface area (Å²) >= 11 is 1.29. The molecule has 0 saturated carbocycles. The molecule has 5 aromatic rings. The molecular formula is C26H20N6O3S. The number of tetrazole rings is 1. The highest BCUT2D eigenvalue weighted by Crippen LogP contribution is 2.27. The summed E-state index contributed by atoms with van der Waals surface area (Å²) in [6, 6.07) is 27.4. The summed E-state index contributed by atoms with van der Waals surface area (Å²) in [6.07, 6.45) is 0. The van der Waals surface area contributed by atoms with Crippen LogP contribution in [0, 0.1) is 0 Å². The Balaban J connectivity index is 1.11. The molecule has 0 atom stereocenters. The lowest BCUT2D eigenvalue weighted by molar-refractivity contribution is -0.148. The molecule has 0 bridgehead atoms. The standard InChI is InChI=1S/C26H20N6O3S/c33-23(16-35-24(34)15-32-30-25(29-31-32)21-9-5-2-6-10-21)28-26-27-22(17-36-26)20-13-11-19(12-14-20)18-7-3-1-4-8-18/h1-14,17H,15-16H2,(H,27,28,33). The average molecular weight is 497 g/mol. The lowest BCUT2D eigenvalue weighted by Gasteiger charge is -2.04. The Kier molecular flexibility index (Phi) is 6.86. The Morgan fingerprint density at radius 1 is 0.833 bits per heavy atom. The molecule has 0 saturated heterocycles. The van der Waals surface area contributed by atoms with Crippen LogP contribution in [0.15, 0.2) is 90.3 Å². The van der Waals surface area contributed by atoms with Gasteiger partial charge in [0.15, 0.2) is 18.3 Å². The van der Waals surface area contributed by atoms with Crippen LogP contribution >= 0.6 is 11.3 Å². The first-order chi connectivity index (χ1) is 17.6. The maximum atomic E-state index is 12.2. The van der Waals surface area contributed by atoms with Crippen molar-refractivity contribution in [1.29, 1.82) is 0 Å². The van der Waals surface area contributed by atoms with Crippen molar-refractivity contribution in [2.24, 2.45) is 0 Å². The van der Waals surface area contributed by atoms with Crippen molar-refractivity contribution in [1.82, 2.24) is 25.2 Å². The number of carbonyl (C=O) groups excluding carboxylic acids is 2. The van der Waals surface area contributed by atoms with E-state index >= 15 is 0 Å². The SMILES string of the molecule is O=C(COC(=O)Cn1nnc(-c2ccccc2)n1)Nc1nc(-c2ccc(-c3ccccc3)cc2)cs1. The van der Waals surface area contributed by atoms with Gasteiger partial charge in [0.1, 0.15) is 0 Å². The first-order valence-corrected chi connectivity index (χ1v) is 11.9. The fourth-order valence-electron chi connectivity index (χ4n) is 3.40. The number of rotatable bonds is 8. The van der Waals surface area contributed by atoms with E-state index in [2.05, 4.69) is 37.8 Å². The molecule has 0 radical (unpaired) electrons. The summed E-state index contributed by atoms with van der Waals surface area (Å²) < 4.78 is 5.04. The van der Waals surface area contributed by atoms with Gasteiger partial charge in [-0.1, -0.05) is 84.9 Å². The van der Waals surface area contributed by atoms with E-state index in [9.17, 15) is 9.59 Å². The zero-order valence-electron chi connectivity index (χ0n) is 18.9. The molecule has 2 aromatic heterocycles. The predicted molar refractivity (Wildman–Crippen MR) is 136 cm³/mol. The van der Waals surface area contributed by atoms with Crippen molar-refractivity contribution in [2.75, 3.05) is 11.9 Å². The maximum absolute atomic E-state index is 12.2. The number of nitrogens with zero attached hydrogens (tertiary/aromatic N) is 5. The summed E-state index contributed by atoms with van der Waals surface area (Å²) in [7, 11) is 0. The van der Waals surface area contributed by atoms with Gasteiger partial charge in [-0.25, -0.2) is 9.78 Å². The quantitative estimate of drug-likeness (QED) is 0.319. The van der Waals surface area contributed by atoms with E-state index in [0.29, 0.717) is 11.0 Å². The Labute approximate surface area is 210 Å². The van der Waals surface area contributed by atoms with E-state index in [1.54, 1.807) is 0 Å². The monoisotopic (exact) mass is 496 g/mol. The minimum absolute atomic E-state index is 0.256. The molecular weight excluding hydrogens is 476 g/mol. The molecule has 0 unspecified atom stereocenters. The molecule has 3 aromatic carbocycles. The van der Waals surface area contributed by atoms with Crippen molar-refractivity contribution in [3.63, 3.8) is 0 Å². The number of aromatic nitrogens is 5. The van der Waals surface area contributed by atoms with Gasteiger partial charge in [0, 0.05) is 16.5 Å². The summed E-state index contributed by atoms with van der Waals surface area (Å²) in [5, 5.41) is 16.9. The summed E-state index contributed by atoms with van der Waals surface area (Å²) in [4.78, 5) is 29.9. The van der Waals surface area contributed by atoms with Crippen molar-refractivity contribution >= 4 is 28.3 Å². The van der Waals surface area contributed by atoms with Crippen LogP contribution in [-0.2, 0) is 20.9 Å². The summed E-state index contributed by atoms with van der Waals surface area (Å²) in [5.74, 6) is -0.740. The second kappa shape index (κ2) is 10.7. The van der Waals surface area contributed by atoms with Crippen molar-refractivity contribution in [3.05, 3.63) is 90.3 Å². The van der Waals surface area contributed by atoms with E-state index in [0.717, 1.165) is 32.7 Å². The van der Waals surface area contributed by atoms with E-state index in [4.69, 9.17) is 4.74 Å². The van der Waals surface area contributed by atoms with Crippen LogP contribution in [0.2, 0.25) is 0 Å². The van der Waals surface area contributed by atoms with E-state index in [1.807, 2.05) is 78.2 Å². The average Bonchev–Trinajstić information content (AvgIpc) is 3.59. The first kappa shape index (κ1) is 23.1. The Hall–Kier alpha value is -4.70. The number of anilines is 1. The number of nitrogens with one attached hydrogen (secondary N) is 1. The summed E-state index contributed by atoms with van der Waals surface area (Å²) in [6.45, 7) is -0.701. The van der Waals surface area contributed by atoms with Gasteiger partial charge >= 0.3 is 5.97 Å². The molecule has 0 spiro atoms. The van der Waals surface area contributed by atoms with Crippen molar-refractivity contribution < 1.29 is 14.3 Å². The molecule has 9 nitrogen and oxygen atoms in total. The third-order valence-corrected chi connectivity index (χ3v) is 5.92. The molecule has 0 aliphatic rings. The number of benzene rings is 3. The molecule has 5 rings (SSSR count). The van der Waals surface area contributed by atoms with Crippen LogP contribution in [0.25, 0.3) is 33.8 Å². The minimum Gasteiger partial charge on any atom is -0.454 e. The van der Waals surface area contributed by atoms with Crippen LogP contribution in [0.3, 0.4) is 0 Å². The van der Waals surface area contributed by atoms with Gasteiger partial charge in [-0.15, -0.1) is 21.5 Å². The van der Waals surface area contributed by atoms with E-state index < -0.39 is 18.5 Å². The van der Waals surface area contributed by atoms with Gasteiger partial charge in [0.05, 0.1) is 5.69 Å². The van der Waals surface area contributed by atoms with Crippen LogP contribution in [0.1, 0.15) is 0 Å². The maximum Gasteiger partial charge on any atom is 0.330 e. The zero-order valence-corrected chi connectivity index (χ0v) is 19.8. The third kappa shape index (κ3) is 5.68. The van der Waals surface area contributed by atoms with Crippen LogP contribution in [-0.4, -0.2) is 43.7 Å². The molecule has 10 heteroatoms. The molecule has 0 fully saturated rings. The molecule has 1 N–H and O–H groups in total. The highest BCUT2D eigenvalue weighted by molar-refractivity contribution is 7.14. The molecule has 36 heavy (non-hydrogen) atoms. The fraction of sp³-hybridized carbons (Fsp3) is 0.0769. The lowest BCUT2D eigenvalue weighted by atomic mass is 10.0. The molecule has 2 heterocycles. The zero-order chi connectivity index (χ0) is 24.7. The number of hydrogen-bond acceptors (Lipinski definition) is 8. The van der Waals surface area contributed by atoms with Crippen LogP contribution in [0.5, 0.6) is 0 Å². The molecule has 178 valence electrons. The van der Waals surface area contributed by atoms with E-state index in [-0.39, 0.29) is 6.54 Å². The molecule has 0 aliphatic carbocycles. The fourth-order valence-corrected chi connectivity index (χ4v) is 4.14. The smallest absolute Gasteiger partial charge is 0.330 e. The van der Waals surface area contributed by atoms with Crippen LogP contribution in [0.4, 0.5) is 5.13 Å². The Bertz CT molecular complexity index is 1470. The van der Waals surface area contributed by atoms with Gasteiger partial charge in [-0.3, -0.25) is 10.1 Å². The number of hydrogen-bond donors (Lipinski definition) is 1. The van der Waals surface area contributed by atoms with E-state index in [1.165, 1.54) is 11.3 Å². The number of thiazole rings is 1. The number of esters is 1. The Morgan fingerprint density at radius 3 is 2.19 bits per heavy atom. The highest BCUT2D eigenvalue weighted by Gasteiger charge is 2.13. The largest absolute Gasteiger partial charge is 0.454 e. The van der Waals surface area contributed by atoms with Gasteiger partial charge in [-0.2, -0.15) is 4.80 Å². The lowest BCUT2D eigenvalue weighted by Crippen LogP contribution is -2.23. The number of carbonyl (C=O) groups is 2. The summed E-state index contributed by atoms with van der Waals surface area (Å²) in [5.41, 5.74) is 4.72. The molecule has 1 amide bonds.